The van der Waals surface area contributed by atoms with Crippen molar-refractivity contribution in [3.05, 3.63) is 64.4 Å². The predicted molar refractivity (Wildman–Crippen MR) is 82.2 cm³/mol. The zero-order valence-electron chi connectivity index (χ0n) is 11.4. The number of pyridine rings is 1. The molecule has 6 heteroatoms. The number of benzene rings is 1. The van der Waals surface area contributed by atoms with Gasteiger partial charge in [-0.1, -0.05) is 46.8 Å². The van der Waals surface area contributed by atoms with Crippen LogP contribution in [0.4, 0.5) is 0 Å². The number of halogens is 1. The summed E-state index contributed by atoms with van der Waals surface area (Å²) in [5.41, 5.74) is 1.49. The molecule has 0 bridgehead atoms. The highest BCUT2D eigenvalue weighted by molar-refractivity contribution is 6.29. The maximum atomic E-state index is 11.7. The van der Waals surface area contributed by atoms with Gasteiger partial charge in [0.2, 0.25) is 0 Å². The molecule has 0 spiro atoms. The first-order valence-corrected chi connectivity index (χ1v) is 6.62. The van der Waals surface area contributed by atoms with Crippen molar-refractivity contribution in [3.8, 4) is 11.8 Å². The summed E-state index contributed by atoms with van der Waals surface area (Å²) in [6.45, 7) is -0.0634. The van der Waals surface area contributed by atoms with E-state index in [9.17, 15) is 4.79 Å². The van der Waals surface area contributed by atoms with Gasteiger partial charge in [-0.2, -0.15) is 0 Å². The molecule has 1 aromatic carbocycles. The molecule has 1 heterocycles. The van der Waals surface area contributed by atoms with Crippen molar-refractivity contribution in [1.29, 1.82) is 0 Å². The van der Waals surface area contributed by atoms with Crippen LogP contribution < -0.4 is 0 Å². The molecule has 5 nitrogen and oxygen atoms in total. The Hall–Kier alpha value is -2.84. The summed E-state index contributed by atoms with van der Waals surface area (Å²) in [5.74, 6) is 5.04. The van der Waals surface area contributed by atoms with Gasteiger partial charge in [-0.3, -0.25) is 0 Å². The Morgan fingerprint density at radius 2 is 2.18 bits per heavy atom. The van der Waals surface area contributed by atoms with Gasteiger partial charge in [0, 0.05) is 11.8 Å². The van der Waals surface area contributed by atoms with E-state index >= 15 is 0 Å². The lowest BCUT2D eigenvalue weighted by Crippen LogP contribution is -2.04. The second kappa shape index (κ2) is 7.81. The molecule has 0 atom stereocenters. The number of nitrogens with zero attached hydrogens (tertiary/aromatic N) is 2. The van der Waals surface area contributed by atoms with Crippen LogP contribution in [-0.4, -0.2) is 29.0 Å². The van der Waals surface area contributed by atoms with Gasteiger partial charge < -0.3 is 9.94 Å². The third-order valence-corrected chi connectivity index (χ3v) is 2.81. The van der Waals surface area contributed by atoms with E-state index in [4.69, 9.17) is 21.5 Å². The molecular formula is C16H11ClN2O3. The first kappa shape index (κ1) is 15.5. The molecule has 110 valence electrons. The van der Waals surface area contributed by atoms with Crippen LogP contribution in [0.15, 0.2) is 47.8 Å². The fraction of sp³-hybridized carbons (Fsp3) is 0.0625. The van der Waals surface area contributed by atoms with Gasteiger partial charge in [0.05, 0.1) is 17.3 Å². The Balaban J connectivity index is 2.01. The molecular weight excluding hydrogens is 304 g/mol. The van der Waals surface area contributed by atoms with Gasteiger partial charge in [-0.15, -0.1) is 0 Å². The minimum Gasteiger partial charge on any atom is -0.449 e. The van der Waals surface area contributed by atoms with E-state index in [1.54, 1.807) is 24.3 Å². The van der Waals surface area contributed by atoms with E-state index in [1.807, 2.05) is 6.07 Å². The van der Waals surface area contributed by atoms with Crippen LogP contribution in [0.5, 0.6) is 0 Å². The highest BCUT2D eigenvalue weighted by Gasteiger charge is 2.04. The number of oxime groups is 1. The maximum absolute atomic E-state index is 11.7. The summed E-state index contributed by atoms with van der Waals surface area (Å²) in [6, 6.07) is 10.2. The fourth-order valence-corrected chi connectivity index (χ4v) is 1.77. The van der Waals surface area contributed by atoms with E-state index < -0.39 is 5.97 Å². The highest BCUT2D eigenvalue weighted by Crippen LogP contribution is 2.10. The average Bonchev–Trinajstić information content (AvgIpc) is 2.54. The fourth-order valence-electron chi connectivity index (χ4n) is 1.61. The zero-order valence-corrected chi connectivity index (χ0v) is 12.1. The molecule has 0 unspecified atom stereocenters. The SMILES string of the molecule is O=C(OCC#Cc1cnc(Cl)cc1C=NO)c1ccccc1. The van der Waals surface area contributed by atoms with E-state index in [2.05, 4.69) is 22.0 Å². The molecule has 0 aliphatic rings. The molecule has 22 heavy (non-hydrogen) atoms. The summed E-state index contributed by atoms with van der Waals surface area (Å²) in [4.78, 5) is 15.6. The van der Waals surface area contributed by atoms with Crippen LogP contribution in [0.3, 0.4) is 0 Å². The first-order chi connectivity index (χ1) is 10.7. The third-order valence-electron chi connectivity index (χ3n) is 2.61. The van der Waals surface area contributed by atoms with Crippen molar-refractivity contribution in [2.45, 2.75) is 0 Å². The number of ether oxygens (including phenoxy) is 1. The van der Waals surface area contributed by atoms with Crippen molar-refractivity contribution in [2.24, 2.45) is 5.16 Å². The number of carbonyl (C=O) groups excluding carboxylic acids is 1. The van der Waals surface area contributed by atoms with E-state index in [0.717, 1.165) is 0 Å². The normalized spacial score (nSPS) is 10.0. The number of rotatable bonds is 3. The molecule has 1 N–H and O–H groups in total. The second-order valence-electron chi connectivity index (χ2n) is 4.08. The molecule has 2 rings (SSSR count). The largest absolute Gasteiger partial charge is 0.449 e. The van der Waals surface area contributed by atoms with Gasteiger partial charge in [-0.25, -0.2) is 9.78 Å². The summed E-state index contributed by atoms with van der Waals surface area (Å²) in [7, 11) is 0. The van der Waals surface area contributed by atoms with E-state index in [0.29, 0.717) is 16.7 Å². The van der Waals surface area contributed by atoms with Gasteiger partial charge in [0.15, 0.2) is 6.61 Å². The Morgan fingerprint density at radius 3 is 2.91 bits per heavy atom. The van der Waals surface area contributed by atoms with Crippen LogP contribution in [0.2, 0.25) is 5.15 Å². The first-order valence-electron chi connectivity index (χ1n) is 6.24. The molecule has 0 fully saturated rings. The summed E-state index contributed by atoms with van der Waals surface area (Å²) >= 11 is 5.75. The summed E-state index contributed by atoms with van der Waals surface area (Å²) in [5, 5.41) is 11.8. The van der Waals surface area contributed by atoms with Gasteiger partial charge in [0.1, 0.15) is 5.15 Å². The van der Waals surface area contributed by atoms with Gasteiger partial charge >= 0.3 is 5.97 Å². The van der Waals surface area contributed by atoms with Crippen molar-refractivity contribution < 1.29 is 14.7 Å². The van der Waals surface area contributed by atoms with Crippen molar-refractivity contribution in [1.82, 2.24) is 4.98 Å². The molecule has 0 amide bonds. The minimum absolute atomic E-state index is 0.0634. The van der Waals surface area contributed by atoms with Crippen LogP contribution in [0.1, 0.15) is 21.5 Å². The van der Waals surface area contributed by atoms with Crippen LogP contribution in [-0.2, 0) is 4.74 Å². The number of aromatic nitrogens is 1. The smallest absolute Gasteiger partial charge is 0.339 e. The monoisotopic (exact) mass is 314 g/mol. The average molecular weight is 315 g/mol. The second-order valence-corrected chi connectivity index (χ2v) is 4.47. The van der Waals surface area contributed by atoms with Crippen molar-refractivity contribution in [3.63, 3.8) is 0 Å². The minimum atomic E-state index is -0.443. The van der Waals surface area contributed by atoms with E-state index in [1.165, 1.54) is 18.5 Å². The Bertz CT molecular complexity index is 749. The lowest BCUT2D eigenvalue weighted by molar-refractivity contribution is 0.0556. The van der Waals surface area contributed by atoms with E-state index in [-0.39, 0.29) is 11.8 Å². The lowest BCUT2D eigenvalue weighted by atomic mass is 10.1. The Labute approximate surface area is 132 Å². The van der Waals surface area contributed by atoms with Crippen molar-refractivity contribution in [2.75, 3.05) is 6.61 Å². The molecule has 0 aliphatic carbocycles. The maximum Gasteiger partial charge on any atom is 0.339 e. The highest BCUT2D eigenvalue weighted by atomic mass is 35.5. The van der Waals surface area contributed by atoms with Crippen LogP contribution >= 0.6 is 11.6 Å². The molecule has 0 aliphatic heterocycles. The van der Waals surface area contributed by atoms with Gasteiger partial charge in [0.25, 0.3) is 0 Å². The summed E-state index contributed by atoms with van der Waals surface area (Å²) in [6.07, 6.45) is 2.65. The molecule has 1 aromatic heterocycles. The standard InChI is InChI=1S/C16H11ClN2O3/c17-15-9-14(11-19-21)13(10-18-15)7-4-8-22-16(20)12-5-2-1-3-6-12/h1-3,5-6,9-11,21H,8H2. The molecule has 2 aromatic rings. The molecule has 0 saturated heterocycles. The number of hydrogen-bond acceptors (Lipinski definition) is 5. The third kappa shape index (κ3) is 4.33. The quantitative estimate of drug-likeness (QED) is 0.236. The van der Waals surface area contributed by atoms with Crippen LogP contribution in [0.25, 0.3) is 0 Å². The lowest BCUT2D eigenvalue weighted by Gasteiger charge is -2.00. The molecule has 0 radical (unpaired) electrons. The number of hydrogen-bond donors (Lipinski definition) is 1. The zero-order chi connectivity index (χ0) is 15.8. The topological polar surface area (TPSA) is 71.8 Å². The Morgan fingerprint density at radius 1 is 1.41 bits per heavy atom. The van der Waals surface area contributed by atoms with Crippen LogP contribution in [0, 0.1) is 11.8 Å². The van der Waals surface area contributed by atoms with Gasteiger partial charge in [-0.05, 0) is 18.2 Å². The molecule has 0 saturated carbocycles. The van der Waals surface area contributed by atoms with Crippen molar-refractivity contribution >= 4 is 23.8 Å². The summed E-state index contributed by atoms with van der Waals surface area (Å²) < 4.78 is 5.03. The Kier molecular flexibility index (Phi) is 5.52. The number of carbonyl (C=O) groups is 1. The number of esters is 1. The predicted octanol–water partition coefficient (Wildman–Crippen LogP) is 2.75.